The third kappa shape index (κ3) is 4.51. The van der Waals surface area contributed by atoms with Crippen LogP contribution >= 0.6 is 23.1 Å². The number of hydrogen-bond donors (Lipinski definition) is 2. The molecule has 1 aromatic heterocycles. The van der Waals surface area contributed by atoms with E-state index in [0.29, 0.717) is 22.5 Å². The first kappa shape index (κ1) is 16.4. The fraction of sp³-hybridized carbons (Fsp3) is 0.714. The van der Waals surface area contributed by atoms with Gasteiger partial charge in [-0.05, 0) is 31.9 Å². The minimum absolute atomic E-state index is 0.0958. The van der Waals surface area contributed by atoms with Gasteiger partial charge in [0.1, 0.15) is 10.7 Å². The zero-order valence-corrected chi connectivity index (χ0v) is 14.4. The quantitative estimate of drug-likeness (QED) is 0.840. The fourth-order valence-electron chi connectivity index (χ4n) is 2.29. The van der Waals surface area contributed by atoms with Crippen molar-refractivity contribution < 1.29 is 4.79 Å². The Morgan fingerprint density at radius 1 is 1.48 bits per heavy atom. The van der Waals surface area contributed by atoms with Gasteiger partial charge in [-0.15, -0.1) is 0 Å². The van der Waals surface area contributed by atoms with Gasteiger partial charge in [0.05, 0.1) is 0 Å². The summed E-state index contributed by atoms with van der Waals surface area (Å²) in [6.45, 7) is 4.86. The van der Waals surface area contributed by atoms with E-state index in [1.165, 1.54) is 30.6 Å². The van der Waals surface area contributed by atoms with E-state index in [9.17, 15) is 4.79 Å². The van der Waals surface area contributed by atoms with Gasteiger partial charge in [0.15, 0.2) is 5.13 Å². The van der Waals surface area contributed by atoms with Crippen LogP contribution in [-0.4, -0.2) is 42.0 Å². The minimum Gasteiger partial charge on any atom is -0.382 e. The number of amides is 1. The molecule has 118 valence electrons. The summed E-state index contributed by atoms with van der Waals surface area (Å²) < 4.78 is 0. The number of carbonyl (C=O) groups is 1. The third-order valence-electron chi connectivity index (χ3n) is 3.71. The van der Waals surface area contributed by atoms with Crippen LogP contribution in [0.3, 0.4) is 0 Å². The van der Waals surface area contributed by atoms with Gasteiger partial charge in [0, 0.05) is 24.9 Å². The average molecular weight is 329 g/mol. The monoisotopic (exact) mass is 328 g/mol. The Balaban J connectivity index is 1.93. The molecule has 1 saturated heterocycles. The van der Waals surface area contributed by atoms with E-state index in [1.807, 2.05) is 0 Å². The Morgan fingerprint density at radius 2 is 2.19 bits per heavy atom. The fourth-order valence-corrected chi connectivity index (χ4v) is 3.60. The van der Waals surface area contributed by atoms with E-state index in [-0.39, 0.29) is 5.91 Å². The average Bonchev–Trinajstić information content (AvgIpc) is 2.90. The van der Waals surface area contributed by atoms with Crippen molar-refractivity contribution in [3.63, 3.8) is 0 Å². The Hall–Kier alpha value is -0.950. The zero-order chi connectivity index (χ0) is 15.2. The van der Waals surface area contributed by atoms with Crippen molar-refractivity contribution in [1.29, 1.82) is 0 Å². The number of nitrogen functional groups attached to an aromatic ring is 1. The van der Waals surface area contributed by atoms with Gasteiger partial charge < -0.3 is 16.0 Å². The molecular formula is C14H24N4OS2. The zero-order valence-electron chi connectivity index (χ0n) is 12.7. The molecular weight excluding hydrogens is 304 g/mol. The predicted molar refractivity (Wildman–Crippen MR) is 92.5 cm³/mol. The van der Waals surface area contributed by atoms with Crippen LogP contribution in [0.4, 0.5) is 10.9 Å². The molecule has 0 saturated carbocycles. The number of rotatable bonds is 6. The maximum Gasteiger partial charge on any atom is 0.265 e. The van der Waals surface area contributed by atoms with E-state index in [1.54, 1.807) is 11.8 Å². The predicted octanol–water partition coefficient (Wildman–Crippen LogP) is 2.59. The molecule has 1 unspecified atom stereocenters. The van der Waals surface area contributed by atoms with E-state index in [2.05, 4.69) is 28.4 Å². The molecule has 0 radical (unpaired) electrons. The van der Waals surface area contributed by atoms with Gasteiger partial charge in [0.2, 0.25) is 0 Å². The van der Waals surface area contributed by atoms with E-state index >= 15 is 0 Å². The number of carbonyl (C=O) groups excluding carboxylic acids is 1. The maximum atomic E-state index is 12.2. The number of aromatic nitrogens is 1. The summed E-state index contributed by atoms with van der Waals surface area (Å²) in [7, 11) is 0. The highest BCUT2D eigenvalue weighted by molar-refractivity contribution is 7.99. The van der Waals surface area contributed by atoms with Gasteiger partial charge in [-0.3, -0.25) is 4.79 Å². The molecule has 21 heavy (non-hydrogen) atoms. The van der Waals surface area contributed by atoms with E-state index in [0.717, 1.165) is 24.6 Å². The number of thioether (sulfide) groups is 1. The first-order chi connectivity index (χ1) is 10.1. The highest BCUT2D eigenvalue weighted by Gasteiger charge is 2.20. The Labute approximate surface area is 134 Å². The summed E-state index contributed by atoms with van der Waals surface area (Å²) >= 11 is 3.22. The smallest absolute Gasteiger partial charge is 0.265 e. The third-order valence-corrected chi connectivity index (χ3v) is 5.88. The summed E-state index contributed by atoms with van der Waals surface area (Å²) in [6.07, 6.45) is 6.70. The lowest BCUT2D eigenvalue weighted by Gasteiger charge is -2.25. The molecule has 0 bridgehead atoms. The molecule has 1 atom stereocenters. The number of nitrogens with zero attached hydrogens (tertiary/aromatic N) is 2. The van der Waals surface area contributed by atoms with Crippen LogP contribution in [0.2, 0.25) is 0 Å². The lowest BCUT2D eigenvalue weighted by molar-refractivity contribution is 0.0958. The summed E-state index contributed by atoms with van der Waals surface area (Å²) in [5.41, 5.74) is 5.91. The highest BCUT2D eigenvalue weighted by atomic mass is 32.2. The Morgan fingerprint density at radius 3 is 2.86 bits per heavy atom. The minimum atomic E-state index is -0.0958. The Kier molecular flexibility index (Phi) is 6.17. The number of nitrogens with one attached hydrogen (secondary N) is 1. The molecule has 1 amide bonds. The van der Waals surface area contributed by atoms with Crippen molar-refractivity contribution in [3.8, 4) is 0 Å². The summed E-state index contributed by atoms with van der Waals surface area (Å²) in [5.74, 6) is 0.262. The van der Waals surface area contributed by atoms with Gasteiger partial charge in [-0.25, -0.2) is 4.98 Å². The first-order valence-corrected chi connectivity index (χ1v) is 9.54. The van der Waals surface area contributed by atoms with Crippen LogP contribution in [0.1, 0.15) is 42.3 Å². The molecule has 1 aromatic rings. The normalized spacial score (nSPS) is 16.8. The summed E-state index contributed by atoms with van der Waals surface area (Å²) in [4.78, 5) is 19.3. The number of nitrogens with two attached hydrogens (primary N) is 1. The highest BCUT2D eigenvalue weighted by Crippen LogP contribution is 2.29. The van der Waals surface area contributed by atoms with Crippen LogP contribution in [0.5, 0.6) is 0 Å². The van der Waals surface area contributed by atoms with Gasteiger partial charge in [0.25, 0.3) is 5.91 Å². The van der Waals surface area contributed by atoms with Gasteiger partial charge >= 0.3 is 0 Å². The molecule has 7 heteroatoms. The van der Waals surface area contributed by atoms with Crippen molar-refractivity contribution >= 4 is 40.0 Å². The number of thiazole rings is 1. The van der Waals surface area contributed by atoms with Crippen LogP contribution in [0.15, 0.2) is 0 Å². The topological polar surface area (TPSA) is 71.2 Å². The second-order valence-corrected chi connectivity index (χ2v) is 7.60. The SMILES string of the molecule is CSC(C)CCNC(=O)c1sc(N2CCCCC2)nc1N. The first-order valence-electron chi connectivity index (χ1n) is 7.44. The molecule has 1 aliphatic rings. The molecule has 2 heterocycles. The van der Waals surface area contributed by atoms with Crippen molar-refractivity contribution in [3.05, 3.63) is 4.88 Å². The van der Waals surface area contributed by atoms with Crippen molar-refractivity contribution in [2.45, 2.75) is 37.9 Å². The summed E-state index contributed by atoms with van der Waals surface area (Å²) in [5, 5.41) is 4.37. The van der Waals surface area contributed by atoms with E-state index in [4.69, 9.17) is 5.73 Å². The molecule has 5 nitrogen and oxygen atoms in total. The van der Waals surface area contributed by atoms with Crippen LogP contribution < -0.4 is 16.0 Å². The van der Waals surface area contributed by atoms with Gasteiger partial charge in [-0.1, -0.05) is 18.3 Å². The van der Waals surface area contributed by atoms with Gasteiger partial charge in [-0.2, -0.15) is 11.8 Å². The lowest BCUT2D eigenvalue weighted by atomic mass is 10.1. The molecule has 0 aromatic carbocycles. The second-order valence-electron chi connectivity index (χ2n) is 5.35. The van der Waals surface area contributed by atoms with Crippen molar-refractivity contribution in [1.82, 2.24) is 10.3 Å². The standard InChI is InChI=1S/C14H24N4OS2/c1-10(20-2)6-7-16-13(19)11-12(15)17-14(21-11)18-8-4-3-5-9-18/h10H,3-9,15H2,1-2H3,(H,16,19). The largest absolute Gasteiger partial charge is 0.382 e. The lowest BCUT2D eigenvalue weighted by Crippen LogP contribution is -2.29. The van der Waals surface area contributed by atoms with Crippen LogP contribution in [-0.2, 0) is 0 Å². The van der Waals surface area contributed by atoms with Crippen molar-refractivity contribution in [2.75, 3.05) is 36.5 Å². The number of anilines is 2. The molecule has 2 rings (SSSR count). The molecule has 3 N–H and O–H groups in total. The van der Waals surface area contributed by atoms with Crippen LogP contribution in [0.25, 0.3) is 0 Å². The Bertz CT molecular complexity index is 472. The number of piperidine rings is 1. The second kappa shape index (κ2) is 7.89. The molecule has 0 aliphatic carbocycles. The maximum absolute atomic E-state index is 12.2. The van der Waals surface area contributed by atoms with Crippen LogP contribution in [0, 0.1) is 0 Å². The molecule has 1 fully saturated rings. The number of hydrogen-bond acceptors (Lipinski definition) is 6. The molecule has 1 aliphatic heterocycles. The summed E-state index contributed by atoms with van der Waals surface area (Å²) in [6, 6.07) is 0. The van der Waals surface area contributed by atoms with E-state index < -0.39 is 0 Å². The van der Waals surface area contributed by atoms with Crippen molar-refractivity contribution in [2.24, 2.45) is 0 Å². The molecule has 0 spiro atoms.